The number of methoxy groups -OCH3 is 1. The maximum absolute atomic E-state index is 12.7. The van der Waals surface area contributed by atoms with Crippen molar-refractivity contribution in [2.75, 3.05) is 38.7 Å². The molecule has 4 rings (SSSR count). The molecule has 1 atom stereocenters. The summed E-state index contributed by atoms with van der Waals surface area (Å²) in [5, 5.41) is 5.98. The molecule has 2 aliphatic rings. The van der Waals surface area contributed by atoms with Crippen molar-refractivity contribution in [1.29, 1.82) is 0 Å². The van der Waals surface area contributed by atoms with Gasteiger partial charge in [0.25, 0.3) is 5.91 Å². The van der Waals surface area contributed by atoms with E-state index in [1.54, 1.807) is 37.7 Å². The van der Waals surface area contributed by atoms with Crippen LogP contribution >= 0.6 is 0 Å². The summed E-state index contributed by atoms with van der Waals surface area (Å²) in [5.41, 5.74) is 1.08. The lowest BCUT2D eigenvalue weighted by Gasteiger charge is -2.46. The molecule has 2 N–H and O–H groups in total. The van der Waals surface area contributed by atoms with Crippen LogP contribution in [0.25, 0.3) is 0 Å². The highest BCUT2D eigenvalue weighted by atomic mass is 16.5. The van der Waals surface area contributed by atoms with Gasteiger partial charge in [0.1, 0.15) is 5.75 Å². The van der Waals surface area contributed by atoms with Gasteiger partial charge >= 0.3 is 6.03 Å². The Balaban J connectivity index is 1.26. The van der Waals surface area contributed by atoms with Gasteiger partial charge in [-0.25, -0.2) is 4.79 Å². The third-order valence-electron chi connectivity index (χ3n) is 6.35. The number of ether oxygens (including phenoxy) is 2. The molecule has 1 spiro atoms. The van der Waals surface area contributed by atoms with E-state index >= 15 is 0 Å². The van der Waals surface area contributed by atoms with Crippen molar-refractivity contribution >= 4 is 17.6 Å². The van der Waals surface area contributed by atoms with Gasteiger partial charge in [-0.3, -0.25) is 9.78 Å². The van der Waals surface area contributed by atoms with E-state index in [-0.39, 0.29) is 17.5 Å². The highest BCUT2D eigenvalue weighted by Gasteiger charge is 2.41. The van der Waals surface area contributed by atoms with Gasteiger partial charge in [-0.2, -0.15) is 0 Å². The lowest BCUT2D eigenvalue weighted by molar-refractivity contribution is -0.122. The molecule has 0 saturated carbocycles. The molecule has 1 aromatic heterocycles. The summed E-state index contributed by atoms with van der Waals surface area (Å²) in [5.74, 6) is 0.974. The SMILES string of the molecule is COc1cccc(NC(=O)N2CCC3(CC2)CC(CNC(=O)c2cccnc2)CCO3)c1. The van der Waals surface area contributed by atoms with Gasteiger partial charge in [-0.15, -0.1) is 0 Å². The van der Waals surface area contributed by atoms with Crippen molar-refractivity contribution < 1.29 is 19.1 Å². The number of anilines is 1. The van der Waals surface area contributed by atoms with Crippen LogP contribution in [0.4, 0.5) is 10.5 Å². The Bertz CT molecular complexity index is 929. The minimum absolute atomic E-state index is 0.0947. The molecule has 1 aromatic carbocycles. The highest BCUT2D eigenvalue weighted by Crippen LogP contribution is 2.37. The van der Waals surface area contributed by atoms with E-state index in [0.717, 1.165) is 25.7 Å². The second-order valence-electron chi connectivity index (χ2n) is 8.49. The summed E-state index contributed by atoms with van der Waals surface area (Å²) < 4.78 is 11.4. The largest absolute Gasteiger partial charge is 0.497 e. The molecule has 2 aliphatic heterocycles. The Morgan fingerprint density at radius 2 is 2.09 bits per heavy atom. The lowest BCUT2D eigenvalue weighted by Crippen LogP contribution is -2.52. The predicted molar refractivity (Wildman–Crippen MR) is 121 cm³/mol. The van der Waals surface area contributed by atoms with Crippen LogP contribution < -0.4 is 15.4 Å². The molecule has 32 heavy (non-hydrogen) atoms. The first-order valence-corrected chi connectivity index (χ1v) is 11.1. The van der Waals surface area contributed by atoms with Crippen molar-refractivity contribution in [2.45, 2.75) is 31.3 Å². The van der Waals surface area contributed by atoms with E-state index < -0.39 is 0 Å². The zero-order valence-corrected chi connectivity index (χ0v) is 18.4. The van der Waals surface area contributed by atoms with Gasteiger partial charge in [0, 0.05) is 50.4 Å². The molecule has 2 fully saturated rings. The standard InChI is InChI=1S/C24H30N4O4/c1-31-21-6-2-5-20(14-21)27-23(30)28-11-8-24(9-12-28)15-18(7-13-32-24)16-26-22(29)19-4-3-10-25-17-19/h2-6,10,14,17-18H,7-9,11-13,15-16H2,1H3,(H,26,29)(H,27,30). The molecular formula is C24H30N4O4. The smallest absolute Gasteiger partial charge is 0.321 e. The topological polar surface area (TPSA) is 92.8 Å². The summed E-state index contributed by atoms with van der Waals surface area (Å²) in [6, 6.07) is 10.8. The fourth-order valence-electron chi connectivity index (χ4n) is 4.51. The minimum Gasteiger partial charge on any atom is -0.497 e. The number of aromatic nitrogens is 1. The van der Waals surface area contributed by atoms with Crippen LogP contribution in [0.5, 0.6) is 5.75 Å². The zero-order chi connectivity index (χ0) is 22.4. The number of pyridine rings is 1. The number of urea groups is 1. The molecule has 0 bridgehead atoms. The summed E-state index contributed by atoms with van der Waals surface area (Å²) in [7, 11) is 1.60. The van der Waals surface area contributed by atoms with Crippen LogP contribution in [0.15, 0.2) is 48.8 Å². The molecule has 3 heterocycles. The van der Waals surface area contributed by atoms with Gasteiger partial charge in [0.05, 0.1) is 18.3 Å². The minimum atomic E-state index is -0.214. The number of nitrogens with one attached hydrogen (secondary N) is 2. The van der Waals surface area contributed by atoms with E-state index in [9.17, 15) is 9.59 Å². The number of benzene rings is 1. The summed E-state index contributed by atoms with van der Waals surface area (Å²) >= 11 is 0. The monoisotopic (exact) mass is 438 g/mol. The van der Waals surface area contributed by atoms with Crippen molar-refractivity contribution in [3.05, 3.63) is 54.4 Å². The maximum Gasteiger partial charge on any atom is 0.321 e. The van der Waals surface area contributed by atoms with Gasteiger partial charge in [-0.1, -0.05) is 6.07 Å². The van der Waals surface area contributed by atoms with Crippen molar-refractivity contribution in [1.82, 2.24) is 15.2 Å². The van der Waals surface area contributed by atoms with Gasteiger partial charge in [0.2, 0.25) is 0 Å². The molecule has 1 unspecified atom stereocenters. The number of rotatable bonds is 5. The Morgan fingerprint density at radius 1 is 1.25 bits per heavy atom. The number of hydrogen-bond acceptors (Lipinski definition) is 5. The third-order valence-corrected chi connectivity index (χ3v) is 6.35. The molecule has 0 aliphatic carbocycles. The molecule has 3 amide bonds. The van der Waals surface area contributed by atoms with E-state index in [4.69, 9.17) is 9.47 Å². The first kappa shape index (κ1) is 22.1. The van der Waals surface area contributed by atoms with Crippen LogP contribution in [0.1, 0.15) is 36.0 Å². The third kappa shape index (κ3) is 5.37. The Kier molecular flexibility index (Phi) is 6.90. The highest BCUT2D eigenvalue weighted by molar-refractivity contribution is 5.93. The van der Waals surface area contributed by atoms with Crippen LogP contribution in [-0.2, 0) is 4.74 Å². The normalized spacial score (nSPS) is 19.9. The summed E-state index contributed by atoms with van der Waals surface area (Å²) in [4.78, 5) is 30.9. The number of carbonyl (C=O) groups is 2. The lowest BCUT2D eigenvalue weighted by atomic mass is 9.79. The number of carbonyl (C=O) groups excluding carboxylic acids is 2. The molecule has 8 heteroatoms. The Morgan fingerprint density at radius 3 is 2.84 bits per heavy atom. The molecule has 170 valence electrons. The van der Waals surface area contributed by atoms with Crippen LogP contribution in [0.2, 0.25) is 0 Å². The first-order valence-electron chi connectivity index (χ1n) is 11.1. The van der Waals surface area contributed by atoms with E-state index in [1.165, 1.54) is 0 Å². The number of nitrogens with zero attached hydrogens (tertiary/aromatic N) is 2. The molecule has 2 aromatic rings. The van der Waals surface area contributed by atoms with Gasteiger partial charge < -0.3 is 25.0 Å². The number of likely N-dealkylation sites (tertiary alicyclic amines) is 1. The second kappa shape index (κ2) is 9.99. The number of piperidine rings is 1. The van der Waals surface area contributed by atoms with Crippen molar-refractivity contribution in [3.63, 3.8) is 0 Å². The fraction of sp³-hybridized carbons (Fsp3) is 0.458. The van der Waals surface area contributed by atoms with Crippen LogP contribution in [0.3, 0.4) is 0 Å². The molecule has 2 saturated heterocycles. The first-order chi connectivity index (χ1) is 15.6. The molecule has 0 radical (unpaired) electrons. The second-order valence-corrected chi connectivity index (χ2v) is 8.49. The zero-order valence-electron chi connectivity index (χ0n) is 18.4. The van der Waals surface area contributed by atoms with Crippen molar-refractivity contribution in [2.24, 2.45) is 5.92 Å². The van der Waals surface area contributed by atoms with E-state index in [2.05, 4.69) is 15.6 Å². The average Bonchev–Trinajstić information content (AvgIpc) is 2.84. The number of hydrogen-bond donors (Lipinski definition) is 2. The van der Waals surface area contributed by atoms with E-state index in [1.807, 2.05) is 23.1 Å². The fourth-order valence-corrected chi connectivity index (χ4v) is 4.51. The van der Waals surface area contributed by atoms with Crippen molar-refractivity contribution in [3.8, 4) is 5.75 Å². The average molecular weight is 439 g/mol. The Labute approximate surface area is 188 Å². The van der Waals surface area contributed by atoms with Gasteiger partial charge in [-0.05, 0) is 55.9 Å². The van der Waals surface area contributed by atoms with E-state index in [0.29, 0.717) is 49.2 Å². The molecular weight excluding hydrogens is 408 g/mol. The maximum atomic E-state index is 12.7. The summed E-state index contributed by atoms with van der Waals surface area (Å²) in [6.07, 6.45) is 6.65. The van der Waals surface area contributed by atoms with Crippen LogP contribution in [0, 0.1) is 5.92 Å². The molecule has 8 nitrogen and oxygen atoms in total. The van der Waals surface area contributed by atoms with Crippen LogP contribution in [-0.4, -0.2) is 60.8 Å². The Hall–Kier alpha value is -3.13. The predicted octanol–water partition coefficient (Wildman–Crippen LogP) is 3.31. The quantitative estimate of drug-likeness (QED) is 0.747. The summed E-state index contributed by atoms with van der Waals surface area (Å²) in [6.45, 7) is 2.59. The van der Waals surface area contributed by atoms with Gasteiger partial charge in [0.15, 0.2) is 0 Å². The number of amides is 3.